The molecular formula is C18H22N2O5. The summed E-state index contributed by atoms with van der Waals surface area (Å²) in [6, 6.07) is 9.09. The highest BCUT2D eigenvalue weighted by molar-refractivity contribution is 5.81. The SMILES string of the molecule is COc1ccccc1OCC(=O)OCC(=O)NC1(C#N)CCCCC1. The molecule has 1 aromatic carbocycles. The van der Waals surface area contributed by atoms with E-state index in [-0.39, 0.29) is 6.61 Å². The number of nitrogens with one attached hydrogen (secondary N) is 1. The minimum Gasteiger partial charge on any atom is -0.493 e. The molecule has 25 heavy (non-hydrogen) atoms. The Hall–Kier alpha value is -2.75. The molecule has 1 saturated carbocycles. The Morgan fingerprint density at radius 3 is 2.48 bits per heavy atom. The lowest BCUT2D eigenvalue weighted by Crippen LogP contribution is -2.50. The van der Waals surface area contributed by atoms with E-state index < -0.39 is 24.0 Å². The van der Waals surface area contributed by atoms with Gasteiger partial charge in [0.1, 0.15) is 5.54 Å². The van der Waals surface area contributed by atoms with Crippen molar-refractivity contribution < 1.29 is 23.8 Å². The first-order chi connectivity index (χ1) is 12.1. The van der Waals surface area contributed by atoms with Gasteiger partial charge in [0, 0.05) is 0 Å². The highest BCUT2D eigenvalue weighted by atomic mass is 16.6. The third-order valence-corrected chi connectivity index (χ3v) is 4.08. The summed E-state index contributed by atoms with van der Waals surface area (Å²) < 4.78 is 15.3. The van der Waals surface area contributed by atoms with Crippen molar-refractivity contribution in [3.05, 3.63) is 24.3 Å². The highest BCUT2D eigenvalue weighted by Crippen LogP contribution is 2.27. The zero-order valence-corrected chi connectivity index (χ0v) is 14.2. The van der Waals surface area contributed by atoms with Crippen molar-refractivity contribution in [2.45, 2.75) is 37.6 Å². The first kappa shape index (κ1) is 18.6. The van der Waals surface area contributed by atoms with E-state index in [1.807, 2.05) is 0 Å². The van der Waals surface area contributed by atoms with Crippen LogP contribution in [0.1, 0.15) is 32.1 Å². The van der Waals surface area contributed by atoms with Gasteiger partial charge in [-0.1, -0.05) is 31.4 Å². The lowest BCUT2D eigenvalue weighted by molar-refractivity contribution is -0.150. The molecular weight excluding hydrogens is 324 g/mol. The number of hydrogen-bond donors (Lipinski definition) is 1. The zero-order chi connectivity index (χ0) is 18.1. The molecule has 0 aliphatic heterocycles. The van der Waals surface area contributed by atoms with Gasteiger partial charge in [-0.3, -0.25) is 4.79 Å². The van der Waals surface area contributed by atoms with Crippen LogP contribution in [0, 0.1) is 11.3 Å². The van der Waals surface area contributed by atoms with Crippen molar-refractivity contribution in [1.29, 1.82) is 5.26 Å². The standard InChI is InChI=1S/C18H22N2O5/c1-23-14-7-3-4-8-15(14)24-12-17(22)25-11-16(21)20-18(13-19)9-5-2-6-10-18/h3-4,7-8H,2,5-6,9-12H2,1H3,(H,20,21). The van der Waals surface area contributed by atoms with Crippen molar-refractivity contribution in [2.75, 3.05) is 20.3 Å². The molecule has 1 aliphatic rings. The maximum Gasteiger partial charge on any atom is 0.344 e. The van der Waals surface area contributed by atoms with Gasteiger partial charge in [-0.05, 0) is 25.0 Å². The second-order valence-electron chi connectivity index (χ2n) is 5.90. The number of methoxy groups -OCH3 is 1. The Morgan fingerprint density at radius 1 is 1.16 bits per heavy atom. The van der Waals surface area contributed by atoms with Crippen LogP contribution >= 0.6 is 0 Å². The summed E-state index contributed by atoms with van der Waals surface area (Å²) in [7, 11) is 1.50. The summed E-state index contributed by atoms with van der Waals surface area (Å²) in [6.07, 6.45) is 4.12. The lowest BCUT2D eigenvalue weighted by atomic mass is 9.83. The minimum atomic E-state index is -0.838. The molecule has 0 radical (unpaired) electrons. The number of esters is 1. The lowest BCUT2D eigenvalue weighted by Gasteiger charge is -2.31. The van der Waals surface area contributed by atoms with Gasteiger partial charge in [0.2, 0.25) is 0 Å². The molecule has 0 atom stereocenters. The predicted octanol–water partition coefficient (Wildman–Crippen LogP) is 1.96. The Bertz CT molecular complexity index is 647. The molecule has 0 bridgehead atoms. The van der Waals surface area contributed by atoms with Crippen LogP contribution in [0.5, 0.6) is 11.5 Å². The average molecular weight is 346 g/mol. The van der Waals surface area contributed by atoms with Crippen LogP contribution in [0.25, 0.3) is 0 Å². The van der Waals surface area contributed by atoms with Gasteiger partial charge in [-0.15, -0.1) is 0 Å². The fraction of sp³-hybridized carbons (Fsp3) is 0.500. The van der Waals surface area contributed by atoms with Crippen LogP contribution in [-0.2, 0) is 14.3 Å². The van der Waals surface area contributed by atoms with E-state index in [0.29, 0.717) is 24.3 Å². The molecule has 7 nitrogen and oxygen atoms in total. The van der Waals surface area contributed by atoms with Crippen LogP contribution in [0.15, 0.2) is 24.3 Å². The molecule has 0 spiro atoms. The summed E-state index contributed by atoms with van der Waals surface area (Å²) in [5.41, 5.74) is -0.838. The molecule has 1 aliphatic carbocycles. The molecule has 134 valence electrons. The molecule has 1 amide bonds. The van der Waals surface area contributed by atoms with Crippen LogP contribution in [0.3, 0.4) is 0 Å². The van der Waals surface area contributed by atoms with Crippen LogP contribution < -0.4 is 14.8 Å². The number of hydrogen-bond acceptors (Lipinski definition) is 6. The third kappa shape index (κ3) is 5.38. The van der Waals surface area contributed by atoms with E-state index in [1.165, 1.54) is 7.11 Å². The van der Waals surface area contributed by atoms with E-state index >= 15 is 0 Å². The topological polar surface area (TPSA) is 97.7 Å². The highest BCUT2D eigenvalue weighted by Gasteiger charge is 2.33. The molecule has 0 heterocycles. The molecule has 0 aromatic heterocycles. The number of nitriles is 1. The van der Waals surface area contributed by atoms with Crippen LogP contribution in [0.2, 0.25) is 0 Å². The zero-order valence-electron chi connectivity index (χ0n) is 14.2. The summed E-state index contributed by atoms with van der Waals surface area (Å²) in [5, 5.41) is 12.0. The maximum atomic E-state index is 12.0. The van der Waals surface area contributed by atoms with Gasteiger partial charge in [0.15, 0.2) is 24.7 Å². The van der Waals surface area contributed by atoms with Gasteiger partial charge in [0.05, 0.1) is 13.2 Å². The number of para-hydroxylation sites is 2. The van der Waals surface area contributed by atoms with Crippen molar-refractivity contribution in [2.24, 2.45) is 0 Å². The van der Waals surface area contributed by atoms with E-state index in [2.05, 4.69) is 11.4 Å². The number of rotatable bonds is 7. The quantitative estimate of drug-likeness (QED) is 0.758. The van der Waals surface area contributed by atoms with Gasteiger partial charge < -0.3 is 19.5 Å². The molecule has 0 unspecified atom stereocenters. The summed E-state index contributed by atoms with van der Waals surface area (Å²) in [4.78, 5) is 23.7. The maximum absolute atomic E-state index is 12.0. The number of carbonyl (C=O) groups excluding carboxylic acids is 2. The van der Waals surface area contributed by atoms with Crippen molar-refractivity contribution >= 4 is 11.9 Å². The summed E-state index contributed by atoms with van der Waals surface area (Å²) in [5.74, 6) is -0.233. The molecule has 1 N–H and O–H groups in total. The van der Waals surface area contributed by atoms with Gasteiger partial charge >= 0.3 is 5.97 Å². The Morgan fingerprint density at radius 2 is 1.84 bits per heavy atom. The Kier molecular flexibility index (Phi) is 6.63. The average Bonchev–Trinajstić information content (AvgIpc) is 2.65. The fourth-order valence-corrected chi connectivity index (χ4v) is 2.79. The van der Waals surface area contributed by atoms with Gasteiger partial charge in [-0.25, -0.2) is 4.79 Å². The number of amides is 1. The smallest absolute Gasteiger partial charge is 0.344 e. The molecule has 1 fully saturated rings. The first-order valence-corrected chi connectivity index (χ1v) is 8.22. The third-order valence-electron chi connectivity index (χ3n) is 4.08. The second kappa shape index (κ2) is 8.92. The number of ether oxygens (including phenoxy) is 3. The molecule has 1 aromatic rings. The fourth-order valence-electron chi connectivity index (χ4n) is 2.79. The Labute approximate surface area is 146 Å². The number of nitrogens with zero attached hydrogens (tertiary/aromatic N) is 1. The molecule has 7 heteroatoms. The second-order valence-corrected chi connectivity index (χ2v) is 5.90. The van der Waals surface area contributed by atoms with Crippen molar-refractivity contribution in [3.8, 4) is 17.6 Å². The molecule has 2 rings (SSSR count). The first-order valence-electron chi connectivity index (χ1n) is 8.22. The van der Waals surface area contributed by atoms with Crippen molar-refractivity contribution in [1.82, 2.24) is 5.32 Å². The molecule has 0 saturated heterocycles. The monoisotopic (exact) mass is 346 g/mol. The number of benzene rings is 1. The van der Waals surface area contributed by atoms with E-state index in [4.69, 9.17) is 14.2 Å². The largest absolute Gasteiger partial charge is 0.493 e. The van der Waals surface area contributed by atoms with Crippen LogP contribution in [0.4, 0.5) is 0 Å². The predicted molar refractivity (Wildman–Crippen MR) is 89.0 cm³/mol. The van der Waals surface area contributed by atoms with Gasteiger partial charge in [-0.2, -0.15) is 5.26 Å². The van der Waals surface area contributed by atoms with E-state index in [0.717, 1.165) is 19.3 Å². The van der Waals surface area contributed by atoms with E-state index in [9.17, 15) is 14.9 Å². The Balaban J connectivity index is 1.76. The van der Waals surface area contributed by atoms with Crippen LogP contribution in [-0.4, -0.2) is 37.7 Å². The summed E-state index contributed by atoms with van der Waals surface area (Å²) in [6.45, 7) is -0.769. The normalized spacial score (nSPS) is 15.5. The number of carbonyl (C=O) groups is 2. The van der Waals surface area contributed by atoms with Crippen molar-refractivity contribution in [3.63, 3.8) is 0 Å². The minimum absolute atomic E-state index is 0.336. The summed E-state index contributed by atoms with van der Waals surface area (Å²) >= 11 is 0. The van der Waals surface area contributed by atoms with E-state index in [1.54, 1.807) is 24.3 Å². The van der Waals surface area contributed by atoms with Gasteiger partial charge in [0.25, 0.3) is 5.91 Å².